The maximum absolute atomic E-state index is 14.3. The van der Waals surface area contributed by atoms with Crippen LogP contribution in [-0.2, 0) is 10.0 Å². The van der Waals surface area contributed by atoms with E-state index < -0.39 is 10.0 Å². The smallest absolute Gasteiger partial charge is 0.264 e. The van der Waals surface area contributed by atoms with Crippen molar-refractivity contribution in [3.05, 3.63) is 137 Å². The number of hydrogen-bond acceptors (Lipinski definition) is 2. The number of rotatable bonds is 5. The highest BCUT2D eigenvalue weighted by Crippen LogP contribution is 2.40. The Morgan fingerprint density at radius 3 is 1.95 bits per heavy atom. The molecule has 1 heterocycles. The zero-order valence-corrected chi connectivity index (χ0v) is 24.4. The van der Waals surface area contributed by atoms with Crippen LogP contribution in [0.3, 0.4) is 0 Å². The lowest BCUT2D eigenvalue weighted by Crippen LogP contribution is -2.49. The monoisotopic (exact) mass is 541 g/mol. The number of sulfonamides is 1. The van der Waals surface area contributed by atoms with Gasteiger partial charge in [0.1, 0.15) is 0 Å². The third-order valence-corrected chi connectivity index (χ3v) is 9.92. The van der Waals surface area contributed by atoms with Crippen molar-refractivity contribution in [2.45, 2.75) is 32.6 Å². The highest BCUT2D eigenvalue weighted by atomic mass is 32.2. The van der Waals surface area contributed by atoms with Gasteiger partial charge in [0.15, 0.2) is 0 Å². The molecule has 0 fully saturated rings. The second-order valence-electron chi connectivity index (χ2n) is 10.9. The minimum Gasteiger partial charge on any atom is -0.269 e. The van der Waals surface area contributed by atoms with Crippen LogP contribution < -0.4 is 10.9 Å². The molecule has 5 heteroatoms. The van der Waals surface area contributed by atoms with Crippen LogP contribution in [0, 0.1) is 27.7 Å². The van der Waals surface area contributed by atoms with Crippen LogP contribution in [0.4, 0.5) is 0 Å². The number of nitrogens with zero attached hydrogens (tertiary/aromatic N) is 1. The molecule has 0 radical (unpaired) electrons. The van der Waals surface area contributed by atoms with Crippen molar-refractivity contribution in [3.63, 3.8) is 0 Å². The van der Waals surface area contributed by atoms with Gasteiger partial charge in [-0.05, 0) is 61.6 Å². The summed E-state index contributed by atoms with van der Waals surface area (Å²) in [7, 11) is -2.15. The molecule has 1 aliphatic rings. The number of hydrogen-bond donors (Lipinski definition) is 0. The van der Waals surface area contributed by atoms with Crippen molar-refractivity contribution in [1.82, 2.24) is 4.31 Å². The predicted molar refractivity (Wildman–Crippen MR) is 169 cm³/mol. The molecule has 0 aromatic heterocycles. The summed E-state index contributed by atoms with van der Waals surface area (Å²) in [5.74, 6) is 0. The highest BCUT2D eigenvalue weighted by molar-refractivity contribution is 7.89. The Hall–Kier alpha value is -4.09. The van der Waals surface area contributed by atoms with E-state index in [4.69, 9.17) is 0 Å². The van der Waals surface area contributed by atoms with Crippen LogP contribution in [0.15, 0.2) is 108 Å². The van der Waals surface area contributed by atoms with E-state index in [0.29, 0.717) is 0 Å². The minimum atomic E-state index is -3.85. The van der Waals surface area contributed by atoms with Gasteiger partial charge in [-0.1, -0.05) is 124 Å². The first-order valence-electron chi connectivity index (χ1n) is 13.6. The van der Waals surface area contributed by atoms with Crippen LogP contribution >= 0.6 is 0 Å². The van der Waals surface area contributed by atoms with Gasteiger partial charge in [-0.3, -0.25) is 4.31 Å². The summed E-state index contributed by atoms with van der Waals surface area (Å²) in [6, 6.07) is 34.5. The first kappa shape index (κ1) is 26.2. The molecule has 1 aliphatic heterocycles. The number of benzene rings is 5. The lowest BCUT2D eigenvalue weighted by molar-refractivity contribution is 0.546. The highest BCUT2D eigenvalue weighted by Gasteiger charge is 2.39. The van der Waals surface area contributed by atoms with Gasteiger partial charge in [0.05, 0.1) is 10.6 Å². The lowest BCUT2D eigenvalue weighted by atomic mass is 9.31. The van der Waals surface area contributed by atoms with Crippen molar-refractivity contribution < 1.29 is 8.42 Å². The van der Waals surface area contributed by atoms with Gasteiger partial charge in [-0.25, -0.2) is 8.42 Å². The van der Waals surface area contributed by atoms with E-state index in [9.17, 15) is 8.42 Å². The van der Waals surface area contributed by atoms with E-state index in [1.54, 1.807) is 19.2 Å². The molecule has 5 aromatic carbocycles. The Morgan fingerprint density at radius 2 is 1.30 bits per heavy atom. The Kier molecular flexibility index (Phi) is 6.43. The molecule has 0 saturated carbocycles. The molecule has 0 spiro atoms. The first-order valence-corrected chi connectivity index (χ1v) is 15.1. The molecule has 0 aliphatic carbocycles. The Labute approximate surface area is 237 Å². The first-order chi connectivity index (χ1) is 19.2. The summed E-state index contributed by atoms with van der Waals surface area (Å²) < 4.78 is 30.0. The summed E-state index contributed by atoms with van der Waals surface area (Å²) in [6.45, 7) is 8.29. The van der Waals surface area contributed by atoms with Crippen LogP contribution in [-0.4, -0.2) is 26.5 Å². The van der Waals surface area contributed by atoms with Crippen molar-refractivity contribution in [2.75, 3.05) is 7.05 Å². The molecule has 0 atom stereocenters. The molecule has 3 nitrogen and oxygen atoms in total. The van der Waals surface area contributed by atoms with Gasteiger partial charge >= 0.3 is 0 Å². The number of aryl methyl sites for hydroxylation is 4. The van der Waals surface area contributed by atoms with Crippen molar-refractivity contribution >= 4 is 49.6 Å². The summed E-state index contributed by atoms with van der Waals surface area (Å²) in [6.07, 6.45) is 0. The van der Waals surface area contributed by atoms with E-state index in [0.717, 1.165) is 38.6 Å². The zero-order valence-electron chi connectivity index (χ0n) is 23.6. The maximum atomic E-state index is 14.3. The second-order valence-corrected chi connectivity index (χ2v) is 12.9. The standard InChI is InChI=1S/C35H32BNO2S/c1-23-17-19-29(20-18-23)40(38,39)37(5)35-30-15-9-13-27-14-10-16-31(32(27)30)36(34(35)28-11-7-6-8-12-28)33-25(3)21-24(2)22-26(33)4/h6-22H,1-5H3. The van der Waals surface area contributed by atoms with Crippen molar-refractivity contribution in [2.24, 2.45) is 0 Å². The van der Waals surface area contributed by atoms with E-state index >= 15 is 0 Å². The Balaban J connectivity index is 1.76. The molecule has 6 rings (SSSR count). The van der Waals surface area contributed by atoms with Crippen LogP contribution in [0.2, 0.25) is 0 Å². The van der Waals surface area contributed by atoms with Gasteiger partial charge in [0.2, 0.25) is 6.71 Å². The fourth-order valence-electron chi connectivity index (χ4n) is 6.44. The fourth-order valence-corrected chi connectivity index (χ4v) is 7.67. The molecule has 0 bridgehead atoms. The van der Waals surface area contributed by atoms with Crippen LogP contribution in [0.25, 0.3) is 21.9 Å². The molecule has 198 valence electrons. The average molecular weight is 542 g/mol. The minimum absolute atomic E-state index is 0.146. The Bertz CT molecular complexity index is 1880. The molecule has 0 N–H and O–H groups in total. The lowest BCUT2D eigenvalue weighted by Gasteiger charge is -2.35. The largest absolute Gasteiger partial charge is 0.269 e. The summed E-state index contributed by atoms with van der Waals surface area (Å²) in [5, 5.41) is 2.21. The van der Waals surface area contributed by atoms with Gasteiger partial charge < -0.3 is 0 Å². The van der Waals surface area contributed by atoms with E-state index in [-0.39, 0.29) is 11.6 Å². The second kappa shape index (κ2) is 9.83. The van der Waals surface area contributed by atoms with Gasteiger partial charge in [-0.15, -0.1) is 0 Å². The summed E-state index contributed by atoms with van der Waals surface area (Å²) >= 11 is 0. The molecular formula is C35H32BNO2S. The molecule has 0 saturated heterocycles. The fraction of sp³-hybridized carbons (Fsp3) is 0.143. The van der Waals surface area contributed by atoms with E-state index in [1.807, 2.05) is 43.3 Å². The average Bonchev–Trinajstić information content (AvgIpc) is 2.94. The van der Waals surface area contributed by atoms with Crippen LogP contribution in [0.1, 0.15) is 33.4 Å². The van der Waals surface area contributed by atoms with Gasteiger partial charge in [0.25, 0.3) is 10.0 Å². The van der Waals surface area contributed by atoms with Crippen molar-refractivity contribution in [1.29, 1.82) is 0 Å². The van der Waals surface area contributed by atoms with Crippen molar-refractivity contribution in [3.8, 4) is 0 Å². The molecule has 0 unspecified atom stereocenters. The summed E-state index contributed by atoms with van der Waals surface area (Å²) in [5.41, 5.74) is 10.7. The quantitative estimate of drug-likeness (QED) is 0.241. The third kappa shape index (κ3) is 4.17. The Morgan fingerprint density at radius 1 is 0.675 bits per heavy atom. The normalized spacial score (nSPS) is 13.2. The van der Waals surface area contributed by atoms with E-state index in [1.165, 1.54) is 31.9 Å². The molecule has 40 heavy (non-hydrogen) atoms. The molecular weight excluding hydrogens is 509 g/mol. The summed E-state index contributed by atoms with van der Waals surface area (Å²) in [4.78, 5) is 0.283. The van der Waals surface area contributed by atoms with Crippen LogP contribution in [0.5, 0.6) is 0 Å². The van der Waals surface area contributed by atoms with Gasteiger partial charge in [-0.2, -0.15) is 0 Å². The van der Waals surface area contributed by atoms with Gasteiger partial charge in [0, 0.05) is 12.6 Å². The predicted octanol–water partition coefficient (Wildman–Crippen LogP) is 6.42. The third-order valence-electron chi connectivity index (χ3n) is 8.15. The molecule has 0 amide bonds. The zero-order chi connectivity index (χ0) is 28.2. The van der Waals surface area contributed by atoms with E-state index in [2.05, 4.69) is 75.4 Å². The molecule has 5 aromatic rings. The SMILES string of the molecule is Cc1ccc(S(=O)(=O)N(C)C2=C(c3ccccc3)B(c3c(C)cc(C)cc3C)c3cccc4cccc2c34)cc1. The maximum Gasteiger partial charge on any atom is 0.264 e. The topological polar surface area (TPSA) is 37.4 Å².